The van der Waals surface area contributed by atoms with Crippen LogP contribution >= 0.6 is 0 Å². The van der Waals surface area contributed by atoms with E-state index in [1.54, 1.807) is 0 Å². The Morgan fingerprint density at radius 1 is 0.476 bits per heavy atom. The van der Waals surface area contributed by atoms with Crippen molar-refractivity contribution >= 4 is 49.0 Å². The molecule has 0 atom stereocenters. The van der Waals surface area contributed by atoms with Gasteiger partial charge in [0.15, 0.2) is 25.1 Å². The maximum Gasteiger partial charge on any atom is 4.00 e. The van der Waals surface area contributed by atoms with Crippen molar-refractivity contribution in [3.8, 4) is 0 Å². The molecule has 21 heavy (non-hydrogen) atoms. The van der Waals surface area contributed by atoms with Crippen LogP contribution in [0.25, 0.3) is 0 Å². The van der Waals surface area contributed by atoms with Gasteiger partial charge in [0.25, 0.3) is 0 Å². The number of carbonyl (C=O) groups excluding carboxylic acids is 8. The van der Waals surface area contributed by atoms with Crippen molar-refractivity contribution in [2.75, 3.05) is 0 Å². The third-order valence-corrected chi connectivity index (χ3v) is 0.385. The topological polar surface area (TPSA) is 229 Å². The summed E-state index contributed by atoms with van der Waals surface area (Å²) in [6.45, 7) is 0. The monoisotopic (exact) mass is 394 g/mol. The number of carboxylic acid groups (broad SMARTS) is 4. The summed E-state index contributed by atoms with van der Waals surface area (Å²) in [6.07, 6.45) is -1.11. The van der Waals surface area contributed by atoms with Crippen molar-refractivity contribution in [2.24, 2.45) is 0 Å². The third-order valence-electron chi connectivity index (χ3n) is 0.385. The van der Waals surface area contributed by atoms with Gasteiger partial charge in [-0.3, -0.25) is 19.2 Å². The van der Waals surface area contributed by atoms with Crippen molar-refractivity contribution < 1.29 is 78.3 Å². The molecule has 0 aromatic heterocycles. The molecule has 0 aromatic rings. The summed E-state index contributed by atoms with van der Waals surface area (Å²) in [5, 5.41) is 35.6. The molecule has 0 aliphatic rings. The number of carbonyl (C=O) groups is 8. The van der Waals surface area contributed by atoms with Crippen LogP contribution in [0.2, 0.25) is 0 Å². The summed E-state index contributed by atoms with van der Waals surface area (Å²) in [4.78, 5) is 70.9. The fraction of sp³-hybridized carbons (Fsp3) is 0. The van der Waals surface area contributed by atoms with Gasteiger partial charge in [0.1, 0.15) is 23.9 Å². The van der Waals surface area contributed by atoms with E-state index >= 15 is 0 Å². The largest absolute Gasteiger partial charge is 4.00 e. The fourth-order valence-electron chi connectivity index (χ4n) is 0. The van der Waals surface area contributed by atoms with Crippen LogP contribution in [-0.2, 0) is 57.8 Å². The molecular weight excluding hydrogens is 389 g/mol. The average Bonchev–Trinajstić information content (AvgIpc) is 2.40. The third kappa shape index (κ3) is 147. The Hall–Kier alpha value is -2.82. The van der Waals surface area contributed by atoms with E-state index in [4.69, 9.17) is 58.8 Å². The quantitative estimate of drug-likeness (QED) is 0.246. The van der Waals surface area contributed by atoms with E-state index in [9.17, 15) is 0 Å². The molecule has 0 fully saturated rings. The van der Waals surface area contributed by atoms with Gasteiger partial charge < -0.3 is 39.6 Å². The van der Waals surface area contributed by atoms with Crippen molar-refractivity contribution in [3.63, 3.8) is 0 Å². The van der Waals surface area contributed by atoms with Gasteiger partial charge in [0, 0.05) is 0 Å². The van der Waals surface area contributed by atoms with E-state index in [1.807, 2.05) is 0 Å². The van der Waals surface area contributed by atoms with E-state index < -0.39 is 23.9 Å². The number of rotatable bonds is 4. The van der Waals surface area contributed by atoms with Gasteiger partial charge in [-0.05, 0) is 0 Å². The number of hydrogen-bond donors (Lipinski definition) is 0. The van der Waals surface area contributed by atoms with Gasteiger partial charge in [0.05, 0.1) is 0 Å². The Labute approximate surface area is 128 Å². The van der Waals surface area contributed by atoms with Crippen molar-refractivity contribution in [1.29, 1.82) is 0 Å². The second kappa shape index (κ2) is 25.9. The average molecular weight is 393 g/mol. The van der Waals surface area contributed by atoms with E-state index in [0.29, 0.717) is 0 Å². The molecule has 13 heteroatoms. The molecule has 0 N–H and O–H groups in total. The molecule has 0 rings (SSSR count). The molecule has 0 aliphatic carbocycles. The van der Waals surface area contributed by atoms with Crippen molar-refractivity contribution in [3.05, 3.63) is 0 Å². The zero-order valence-electron chi connectivity index (χ0n) is 9.56. The normalized spacial score (nSPS) is 6.10. The van der Waals surface area contributed by atoms with Gasteiger partial charge in [-0.1, -0.05) is 0 Å². The number of carboxylic acids is 4. The molecule has 116 valence electrons. The molecule has 12 nitrogen and oxygen atoms in total. The maximum absolute atomic E-state index is 8.89. The molecule has 0 saturated heterocycles. The van der Waals surface area contributed by atoms with Crippen LogP contribution < -0.4 is 20.4 Å². The van der Waals surface area contributed by atoms with Crippen molar-refractivity contribution in [1.82, 2.24) is 0 Å². The molecule has 0 heterocycles. The van der Waals surface area contributed by atoms with E-state index in [2.05, 4.69) is 0 Å². The van der Waals surface area contributed by atoms with E-state index in [1.165, 1.54) is 0 Å². The minimum Gasteiger partial charge on any atom is -0.542 e. The van der Waals surface area contributed by atoms with Crippen LogP contribution in [0.1, 0.15) is 0 Å². The van der Waals surface area contributed by atoms with Gasteiger partial charge in [-0.2, -0.15) is 0 Å². The van der Waals surface area contributed by atoms with Gasteiger partial charge in [0.2, 0.25) is 0 Å². The SMILES string of the molecule is O=CC(=O)[O-].O=CC(=O)[O-].O=CC(=O)[O-].O=CC(=O)[O-].[Ru+4]. The molecule has 0 unspecified atom stereocenters. The Morgan fingerprint density at radius 2 is 0.524 bits per heavy atom. The van der Waals surface area contributed by atoms with E-state index in [-0.39, 0.29) is 44.6 Å². The first-order valence-electron chi connectivity index (χ1n) is 3.73. The number of aliphatic carboxylic acids is 4. The molecule has 0 aromatic carbocycles. The summed E-state index contributed by atoms with van der Waals surface area (Å²) in [5.41, 5.74) is 0. The molecule has 0 bridgehead atoms. The molecule has 0 saturated carbocycles. The fourth-order valence-corrected chi connectivity index (χ4v) is 0. The van der Waals surface area contributed by atoms with Crippen LogP contribution in [0.4, 0.5) is 0 Å². The minimum atomic E-state index is -1.68. The Kier molecular flexibility index (Phi) is 38.1. The summed E-state index contributed by atoms with van der Waals surface area (Å²) < 4.78 is 0. The number of hydrogen-bond acceptors (Lipinski definition) is 12. The van der Waals surface area contributed by atoms with Crippen LogP contribution in [-0.4, -0.2) is 49.0 Å². The summed E-state index contributed by atoms with van der Waals surface area (Å²) in [7, 11) is 0. The molecule has 0 aliphatic heterocycles. The first-order chi connectivity index (χ1) is 9.08. The van der Waals surface area contributed by atoms with Crippen LogP contribution in [0.5, 0.6) is 0 Å². The van der Waals surface area contributed by atoms with Crippen LogP contribution in [0, 0.1) is 0 Å². The van der Waals surface area contributed by atoms with Gasteiger partial charge in [-0.15, -0.1) is 0 Å². The molecule has 0 amide bonds. The first-order valence-corrected chi connectivity index (χ1v) is 3.73. The second-order valence-electron chi connectivity index (χ2n) is 1.75. The maximum atomic E-state index is 8.89. The predicted molar refractivity (Wildman–Crippen MR) is 44.3 cm³/mol. The van der Waals surface area contributed by atoms with Gasteiger partial charge in [-0.25, -0.2) is 0 Å². The summed E-state index contributed by atoms with van der Waals surface area (Å²) in [6, 6.07) is 0. The predicted octanol–water partition coefficient (Wildman–Crippen LogP) is -8.26. The van der Waals surface area contributed by atoms with Crippen LogP contribution in [0.3, 0.4) is 0 Å². The Bertz CT molecular complexity index is 301. The Balaban J connectivity index is -0.0000000533. The molecular formula is C8H4O12Ru. The standard InChI is InChI=1S/4C2H2O3.Ru/c4*3-1-2(4)5;/h4*1H,(H,4,5);/q;;;;+4/p-4. The minimum absolute atomic E-state index is 0. The van der Waals surface area contributed by atoms with E-state index in [0.717, 1.165) is 0 Å². The molecule has 0 radical (unpaired) electrons. The zero-order valence-corrected chi connectivity index (χ0v) is 11.3. The van der Waals surface area contributed by atoms with Crippen molar-refractivity contribution in [2.45, 2.75) is 0 Å². The zero-order chi connectivity index (χ0) is 17.1. The first kappa shape index (κ1) is 30.9. The number of aldehydes is 4. The molecule has 0 spiro atoms. The summed E-state index contributed by atoms with van der Waals surface area (Å²) >= 11 is 0. The smallest absolute Gasteiger partial charge is 0.542 e. The Morgan fingerprint density at radius 3 is 0.524 bits per heavy atom. The second-order valence-corrected chi connectivity index (χ2v) is 1.75. The summed E-state index contributed by atoms with van der Waals surface area (Å²) in [5.74, 6) is -6.70. The van der Waals surface area contributed by atoms with Crippen LogP contribution in [0.15, 0.2) is 0 Å². The van der Waals surface area contributed by atoms with Gasteiger partial charge >= 0.3 is 19.5 Å².